The number of carboxylic acid groups (broad SMARTS) is 1. The van der Waals surface area contributed by atoms with E-state index in [2.05, 4.69) is 22.3 Å². The maximum atomic E-state index is 12.7. The third-order valence-corrected chi connectivity index (χ3v) is 5.83. The van der Waals surface area contributed by atoms with E-state index in [-0.39, 0.29) is 43.3 Å². The molecule has 1 saturated heterocycles. The number of hydrogen-bond acceptors (Lipinski definition) is 3. The van der Waals surface area contributed by atoms with Gasteiger partial charge in [-0.25, -0.2) is 4.79 Å². The van der Waals surface area contributed by atoms with Gasteiger partial charge in [0.1, 0.15) is 0 Å². The average molecular weight is 381 g/mol. The molecule has 2 N–H and O–H groups in total. The van der Waals surface area contributed by atoms with Crippen molar-refractivity contribution < 1.29 is 14.7 Å². The first kappa shape index (κ1) is 22.8. The molecular formula is C21H32LiN3O3. The summed E-state index contributed by atoms with van der Waals surface area (Å²) in [5, 5.41) is 12.3. The summed E-state index contributed by atoms with van der Waals surface area (Å²) >= 11 is 0. The minimum absolute atomic E-state index is 0. The molecule has 7 heteroatoms. The van der Waals surface area contributed by atoms with Gasteiger partial charge >= 0.3 is 30.9 Å². The van der Waals surface area contributed by atoms with Crippen LogP contribution in [0.15, 0.2) is 30.3 Å². The zero-order chi connectivity index (χ0) is 19.1. The number of hydrogen-bond donors (Lipinski definition) is 2. The van der Waals surface area contributed by atoms with E-state index in [9.17, 15) is 14.7 Å². The molecular weight excluding hydrogens is 349 g/mol. The molecule has 1 heterocycles. The summed E-state index contributed by atoms with van der Waals surface area (Å²) in [6.07, 6.45) is 5.54. The van der Waals surface area contributed by atoms with E-state index in [0.29, 0.717) is 13.1 Å². The van der Waals surface area contributed by atoms with Crippen LogP contribution < -0.4 is 5.32 Å². The summed E-state index contributed by atoms with van der Waals surface area (Å²) < 4.78 is 0. The molecule has 1 aromatic carbocycles. The second kappa shape index (κ2) is 11.5. The Balaban J connectivity index is 0.00000280. The number of urea groups is 1. The standard InChI is InChI=1S/C21H31N3O3.Li.H/c25-20(26)15-19(18-9-5-2-6-10-18)22-21(27)24-13-11-23(12-14-24)16-17-7-3-1-4-8-17;;/h1,3-4,7-8,18-19H,2,5-6,9-16H2,(H,22,27)(H,25,26);;. The quantitative estimate of drug-likeness (QED) is 0.742. The van der Waals surface area contributed by atoms with E-state index >= 15 is 0 Å². The van der Waals surface area contributed by atoms with Crippen molar-refractivity contribution in [2.75, 3.05) is 26.2 Å². The van der Waals surface area contributed by atoms with Crippen LogP contribution in [0.25, 0.3) is 0 Å². The van der Waals surface area contributed by atoms with Crippen LogP contribution in [0.4, 0.5) is 4.79 Å². The van der Waals surface area contributed by atoms with E-state index in [1.807, 2.05) is 23.1 Å². The Morgan fingerprint density at radius 3 is 2.29 bits per heavy atom. The van der Waals surface area contributed by atoms with Crippen LogP contribution in [0.3, 0.4) is 0 Å². The molecule has 1 aromatic rings. The number of amides is 2. The molecule has 0 radical (unpaired) electrons. The molecule has 0 aromatic heterocycles. The molecule has 3 rings (SSSR count). The molecule has 2 amide bonds. The van der Waals surface area contributed by atoms with Crippen molar-refractivity contribution in [2.24, 2.45) is 5.92 Å². The molecule has 28 heavy (non-hydrogen) atoms. The number of nitrogens with zero attached hydrogens (tertiary/aromatic N) is 2. The Kier molecular flexibility index (Phi) is 9.37. The molecule has 1 atom stereocenters. The summed E-state index contributed by atoms with van der Waals surface area (Å²) in [7, 11) is 0. The zero-order valence-corrected chi connectivity index (χ0v) is 16.0. The van der Waals surface area contributed by atoms with Gasteiger partial charge in [-0.1, -0.05) is 49.6 Å². The fourth-order valence-corrected chi connectivity index (χ4v) is 4.26. The van der Waals surface area contributed by atoms with Crippen LogP contribution in [0.2, 0.25) is 0 Å². The predicted molar refractivity (Wildman–Crippen MR) is 112 cm³/mol. The fraction of sp³-hybridized carbons (Fsp3) is 0.619. The Hall–Kier alpha value is -1.48. The van der Waals surface area contributed by atoms with Crippen LogP contribution in [0.1, 0.15) is 44.1 Å². The molecule has 1 aliphatic heterocycles. The molecule has 6 nitrogen and oxygen atoms in total. The number of carboxylic acids is 1. The van der Waals surface area contributed by atoms with Crippen molar-refractivity contribution in [3.8, 4) is 0 Å². The summed E-state index contributed by atoms with van der Waals surface area (Å²) in [4.78, 5) is 28.1. The van der Waals surface area contributed by atoms with E-state index in [1.54, 1.807) is 0 Å². The number of aliphatic carboxylic acids is 1. The molecule has 0 bridgehead atoms. The second-order valence-corrected chi connectivity index (χ2v) is 7.80. The SMILES string of the molecule is O=C(O)CC(NC(=O)N1CCN(Cc2ccccc2)CC1)C1CCCCC1.[LiH]. The topological polar surface area (TPSA) is 72.9 Å². The van der Waals surface area contributed by atoms with Gasteiger partial charge < -0.3 is 15.3 Å². The molecule has 2 aliphatic rings. The van der Waals surface area contributed by atoms with E-state index in [1.165, 1.54) is 12.0 Å². The van der Waals surface area contributed by atoms with Crippen LogP contribution in [-0.4, -0.2) is 78.0 Å². The monoisotopic (exact) mass is 381 g/mol. The first-order valence-corrected chi connectivity index (χ1v) is 10.2. The first-order chi connectivity index (χ1) is 13.1. The number of benzene rings is 1. The van der Waals surface area contributed by atoms with E-state index in [0.717, 1.165) is 45.3 Å². The Bertz CT molecular complexity index is 615. The minimum atomic E-state index is -0.835. The molecule has 2 fully saturated rings. The average Bonchev–Trinajstić information content (AvgIpc) is 2.69. The van der Waals surface area contributed by atoms with Gasteiger partial charge in [0, 0.05) is 38.8 Å². The van der Waals surface area contributed by atoms with Crippen LogP contribution in [0, 0.1) is 5.92 Å². The first-order valence-electron chi connectivity index (χ1n) is 10.2. The van der Waals surface area contributed by atoms with Crippen molar-refractivity contribution in [3.05, 3.63) is 35.9 Å². The third-order valence-electron chi connectivity index (χ3n) is 5.83. The van der Waals surface area contributed by atoms with Gasteiger partial charge in [0.05, 0.1) is 6.42 Å². The van der Waals surface area contributed by atoms with Crippen molar-refractivity contribution in [1.82, 2.24) is 15.1 Å². The maximum absolute atomic E-state index is 12.7. The van der Waals surface area contributed by atoms with Gasteiger partial charge in [-0.3, -0.25) is 9.69 Å². The third kappa shape index (κ3) is 6.84. The number of carbonyl (C=O) groups is 2. The summed E-state index contributed by atoms with van der Waals surface area (Å²) in [5.41, 5.74) is 1.29. The van der Waals surface area contributed by atoms with Crippen LogP contribution >= 0.6 is 0 Å². The van der Waals surface area contributed by atoms with Gasteiger partial charge in [-0.05, 0) is 24.3 Å². The molecule has 1 unspecified atom stereocenters. The normalized spacial score (nSPS) is 19.5. The van der Waals surface area contributed by atoms with Gasteiger partial charge in [-0.15, -0.1) is 0 Å². The number of rotatable bonds is 6. The second-order valence-electron chi connectivity index (χ2n) is 7.80. The van der Waals surface area contributed by atoms with Crippen LogP contribution in [-0.2, 0) is 11.3 Å². The molecule has 150 valence electrons. The Morgan fingerprint density at radius 2 is 1.68 bits per heavy atom. The van der Waals surface area contributed by atoms with Crippen LogP contribution in [0.5, 0.6) is 0 Å². The number of carbonyl (C=O) groups excluding carboxylic acids is 1. The van der Waals surface area contributed by atoms with Gasteiger partial charge in [0.2, 0.25) is 0 Å². The zero-order valence-electron chi connectivity index (χ0n) is 16.0. The summed E-state index contributed by atoms with van der Waals surface area (Å²) in [6, 6.07) is 10.0. The van der Waals surface area contributed by atoms with Crippen molar-refractivity contribution >= 4 is 30.9 Å². The van der Waals surface area contributed by atoms with Crippen molar-refractivity contribution in [2.45, 2.75) is 51.1 Å². The Labute approximate surface area is 179 Å². The van der Waals surface area contributed by atoms with E-state index in [4.69, 9.17) is 0 Å². The number of nitrogens with one attached hydrogen (secondary N) is 1. The van der Waals surface area contributed by atoms with Gasteiger partial charge in [-0.2, -0.15) is 0 Å². The molecule has 1 saturated carbocycles. The fourth-order valence-electron chi connectivity index (χ4n) is 4.26. The Morgan fingerprint density at radius 1 is 1.04 bits per heavy atom. The summed E-state index contributed by atoms with van der Waals surface area (Å²) in [6.45, 7) is 3.96. The molecule has 1 aliphatic carbocycles. The number of piperazine rings is 1. The molecule has 0 spiro atoms. The van der Waals surface area contributed by atoms with E-state index < -0.39 is 5.97 Å². The van der Waals surface area contributed by atoms with Gasteiger partial charge in [0.25, 0.3) is 0 Å². The van der Waals surface area contributed by atoms with Crippen molar-refractivity contribution in [1.29, 1.82) is 0 Å². The summed E-state index contributed by atoms with van der Waals surface area (Å²) in [5.74, 6) is -0.545. The van der Waals surface area contributed by atoms with Crippen molar-refractivity contribution in [3.63, 3.8) is 0 Å². The predicted octanol–water partition coefficient (Wildman–Crippen LogP) is 2.29. The van der Waals surface area contributed by atoms with Gasteiger partial charge in [0.15, 0.2) is 0 Å².